The highest BCUT2D eigenvalue weighted by atomic mass is 14.2. The van der Waals surface area contributed by atoms with E-state index in [0.29, 0.717) is 0 Å². The molecule has 76 valence electrons. The van der Waals surface area contributed by atoms with Crippen molar-refractivity contribution in [1.29, 1.82) is 0 Å². The summed E-state index contributed by atoms with van der Waals surface area (Å²) in [4.78, 5) is 0. The molecule has 0 heterocycles. The minimum atomic E-state index is 0.903. The summed E-state index contributed by atoms with van der Waals surface area (Å²) in [5, 5.41) is 0. The minimum absolute atomic E-state index is 0.903. The maximum Gasteiger partial charge on any atom is -0.0200 e. The third kappa shape index (κ3) is 2.60. The van der Waals surface area contributed by atoms with Gasteiger partial charge in [0.1, 0.15) is 0 Å². The number of rotatable bonds is 1. The molecule has 1 fully saturated rings. The van der Waals surface area contributed by atoms with Crippen LogP contribution in [0.25, 0.3) is 0 Å². The molecule has 0 nitrogen and oxygen atoms in total. The van der Waals surface area contributed by atoms with Crippen molar-refractivity contribution >= 4 is 0 Å². The van der Waals surface area contributed by atoms with Gasteiger partial charge in [0.25, 0.3) is 0 Å². The highest BCUT2D eigenvalue weighted by molar-refractivity contribution is 5.21. The molecule has 2 aliphatic carbocycles. The van der Waals surface area contributed by atoms with E-state index in [4.69, 9.17) is 0 Å². The quantitative estimate of drug-likeness (QED) is 0.572. The Labute approximate surface area is 87.4 Å². The molecule has 0 N–H and O–H groups in total. The van der Waals surface area contributed by atoms with E-state index in [1.165, 1.54) is 44.9 Å². The minimum Gasteiger partial charge on any atom is -0.0842 e. The molecule has 2 aliphatic rings. The molecule has 0 aromatic carbocycles. The third-order valence-electron chi connectivity index (χ3n) is 3.40. The van der Waals surface area contributed by atoms with Crippen molar-refractivity contribution in [3.05, 3.63) is 36.0 Å². The number of hydrogen-bond acceptors (Lipinski definition) is 0. The summed E-state index contributed by atoms with van der Waals surface area (Å²) in [5.74, 6) is 0.903. The maximum absolute atomic E-state index is 2.36. The second-order valence-corrected chi connectivity index (χ2v) is 4.43. The second kappa shape index (κ2) is 5.19. The molecular weight excluding hydrogens is 168 g/mol. The molecule has 0 aromatic heterocycles. The average Bonchev–Trinajstić information content (AvgIpc) is 2.18. The first-order chi connectivity index (χ1) is 6.97. The lowest BCUT2D eigenvalue weighted by Gasteiger charge is -2.24. The molecular formula is C14H20. The standard InChI is InChI=1S/C14H20/c1-2-5-9-13(10-6-3-1)14-11-7-4-8-12-14/h1-3,5,9,14H,4,6-8,10-12H2/b3-1-,5-2-,13-9+. The van der Waals surface area contributed by atoms with E-state index in [1.807, 2.05) is 0 Å². The SMILES string of the molecule is C1=C\C=C(\C2CCCCC2)CC\C=C/1. The van der Waals surface area contributed by atoms with Crippen LogP contribution in [0.5, 0.6) is 0 Å². The first kappa shape index (κ1) is 9.76. The van der Waals surface area contributed by atoms with Gasteiger partial charge in [0, 0.05) is 0 Å². The Morgan fingerprint density at radius 1 is 0.929 bits per heavy atom. The summed E-state index contributed by atoms with van der Waals surface area (Å²) in [6, 6.07) is 0. The third-order valence-corrected chi connectivity index (χ3v) is 3.40. The molecule has 0 heteroatoms. The van der Waals surface area contributed by atoms with Crippen LogP contribution in [0.2, 0.25) is 0 Å². The van der Waals surface area contributed by atoms with E-state index in [2.05, 4.69) is 30.4 Å². The van der Waals surface area contributed by atoms with E-state index >= 15 is 0 Å². The van der Waals surface area contributed by atoms with Gasteiger partial charge < -0.3 is 0 Å². The molecule has 0 aromatic rings. The fourth-order valence-electron chi connectivity index (χ4n) is 2.57. The van der Waals surface area contributed by atoms with Gasteiger partial charge in [0.15, 0.2) is 0 Å². The van der Waals surface area contributed by atoms with Crippen LogP contribution in [-0.4, -0.2) is 0 Å². The zero-order valence-corrected chi connectivity index (χ0v) is 8.91. The fourth-order valence-corrected chi connectivity index (χ4v) is 2.57. The van der Waals surface area contributed by atoms with Crippen molar-refractivity contribution in [2.24, 2.45) is 5.92 Å². The fraction of sp³-hybridized carbons (Fsp3) is 0.571. The van der Waals surface area contributed by atoms with Crippen LogP contribution in [0.15, 0.2) is 36.0 Å². The maximum atomic E-state index is 2.36. The van der Waals surface area contributed by atoms with E-state index in [0.717, 1.165) is 5.92 Å². The molecule has 2 rings (SSSR count). The molecule has 0 radical (unpaired) electrons. The molecule has 0 spiro atoms. The number of hydrogen-bond donors (Lipinski definition) is 0. The van der Waals surface area contributed by atoms with Crippen molar-refractivity contribution < 1.29 is 0 Å². The Hall–Kier alpha value is -0.780. The molecule has 1 saturated carbocycles. The largest absolute Gasteiger partial charge is 0.0842 e. The lowest BCUT2D eigenvalue weighted by molar-refractivity contribution is 0.395. The Kier molecular flexibility index (Phi) is 3.62. The smallest absolute Gasteiger partial charge is 0.0200 e. The van der Waals surface area contributed by atoms with Crippen LogP contribution in [0.1, 0.15) is 44.9 Å². The Morgan fingerprint density at radius 3 is 2.64 bits per heavy atom. The predicted molar refractivity (Wildman–Crippen MR) is 62.2 cm³/mol. The van der Waals surface area contributed by atoms with Crippen molar-refractivity contribution in [2.75, 3.05) is 0 Å². The highest BCUT2D eigenvalue weighted by Gasteiger charge is 2.16. The van der Waals surface area contributed by atoms with Gasteiger partial charge in [0.05, 0.1) is 0 Å². The molecule has 0 atom stereocenters. The van der Waals surface area contributed by atoms with Crippen LogP contribution in [0.3, 0.4) is 0 Å². The van der Waals surface area contributed by atoms with Gasteiger partial charge in [-0.05, 0) is 31.6 Å². The van der Waals surface area contributed by atoms with Gasteiger partial charge in [-0.1, -0.05) is 55.2 Å². The normalized spacial score (nSPS) is 32.4. The molecule has 0 bridgehead atoms. The highest BCUT2D eigenvalue weighted by Crippen LogP contribution is 2.32. The van der Waals surface area contributed by atoms with Crippen LogP contribution in [-0.2, 0) is 0 Å². The average molecular weight is 188 g/mol. The van der Waals surface area contributed by atoms with Crippen molar-refractivity contribution in [1.82, 2.24) is 0 Å². The van der Waals surface area contributed by atoms with Crippen LogP contribution in [0.4, 0.5) is 0 Å². The predicted octanol–water partition coefficient (Wildman–Crippen LogP) is 4.40. The molecule has 0 aliphatic heterocycles. The molecule has 14 heavy (non-hydrogen) atoms. The van der Waals surface area contributed by atoms with Crippen molar-refractivity contribution in [3.8, 4) is 0 Å². The van der Waals surface area contributed by atoms with E-state index < -0.39 is 0 Å². The van der Waals surface area contributed by atoms with Gasteiger partial charge in [-0.25, -0.2) is 0 Å². The lowest BCUT2D eigenvalue weighted by Crippen LogP contribution is -2.09. The molecule has 0 amide bonds. The first-order valence-corrected chi connectivity index (χ1v) is 5.99. The summed E-state index contributed by atoms with van der Waals surface area (Å²) in [6.45, 7) is 0. The zero-order chi connectivity index (χ0) is 9.64. The first-order valence-electron chi connectivity index (χ1n) is 5.99. The summed E-state index contributed by atoms with van der Waals surface area (Å²) in [5.41, 5.74) is 1.70. The van der Waals surface area contributed by atoms with Gasteiger partial charge in [-0.2, -0.15) is 0 Å². The van der Waals surface area contributed by atoms with Gasteiger partial charge in [0.2, 0.25) is 0 Å². The summed E-state index contributed by atoms with van der Waals surface area (Å²) >= 11 is 0. The van der Waals surface area contributed by atoms with Crippen LogP contribution < -0.4 is 0 Å². The Bertz CT molecular complexity index is 249. The topological polar surface area (TPSA) is 0 Å². The van der Waals surface area contributed by atoms with Crippen LogP contribution in [0, 0.1) is 5.92 Å². The summed E-state index contributed by atoms with van der Waals surface area (Å²) < 4.78 is 0. The van der Waals surface area contributed by atoms with Gasteiger partial charge in [-0.15, -0.1) is 0 Å². The van der Waals surface area contributed by atoms with Gasteiger partial charge in [-0.3, -0.25) is 0 Å². The molecule has 0 saturated heterocycles. The van der Waals surface area contributed by atoms with E-state index in [1.54, 1.807) is 5.57 Å². The summed E-state index contributed by atoms with van der Waals surface area (Å²) in [7, 11) is 0. The van der Waals surface area contributed by atoms with Crippen LogP contribution >= 0.6 is 0 Å². The summed E-state index contributed by atoms with van der Waals surface area (Å²) in [6.07, 6.45) is 20.9. The van der Waals surface area contributed by atoms with E-state index in [-0.39, 0.29) is 0 Å². The lowest BCUT2D eigenvalue weighted by atomic mass is 9.81. The van der Waals surface area contributed by atoms with Crippen molar-refractivity contribution in [2.45, 2.75) is 44.9 Å². The zero-order valence-electron chi connectivity index (χ0n) is 8.91. The van der Waals surface area contributed by atoms with E-state index in [9.17, 15) is 0 Å². The molecule has 0 unspecified atom stereocenters. The number of allylic oxidation sites excluding steroid dienone is 6. The van der Waals surface area contributed by atoms with Crippen molar-refractivity contribution in [3.63, 3.8) is 0 Å². The Balaban J connectivity index is 2.00. The second-order valence-electron chi connectivity index (χ2n) is 4.43. The van der Waals surface area contributed by atoms with Gasteiger partial charge >= 0.3 is 0 Å². The Morgan fingerprint density at radius 2 is 1.79 bits per heavy atom. The monoisotopic (exact) mass is 188 g/mol.